The average molecular weight is 177 g/mol. The number of benzene rings is 1. The Morgan fingerprint density at radius 1 is 1.54 bits per heavy atom. The fourth-order valence-electron chi connectivity index (χ4n) is 1.24. The molecule has 0 spiro atoms. The van der Waals surface area contributed by atoms with E-state index in [4.69, 9.17) is 0 Å². The molecule has 2 rings (SSSR count). The summed E-state index contributed by atoms with van der Waals surface area (Å²) >= 11 is 0. The van der Waals surface area contributed by atoms with E-state index in [1.165, 1.54) is 12.1 Å². The molecule has 2 aromatic rings. The summed E-state index contributed by atoms with van der Waals surface area (Å²) in [5.74, 6) is 0. The third-order valence-electron chi connectivity index (χ3n) is 1.82. The molecule has 0 aliphatic carbocycles. The van der Waals surface area contributed by atoms with Crippen LogP contribution in [0.3, 0.4) is 0 Å². The topological polar surface area (TPSA) is 61.0 Å². The molecule has 1 heterocycles. The van der Waals surface area contributed by atoms with E-state index in [0.29, 0.717) is 5.52 Å². The van der Waals surface area contributed by atoms with Gasteiger partial charge in [-0.2, -0.15) is 5.10 Å². The van der Waals surface area contributed by atoms with E-state index in [-0.39, 0.29) is 5.69 Å². The molecule has 66 valence electrons. The van der Waals surface area contributed by atoms with Crippen molar-refractivity contribution in [2.75, 3.05) is 0 Å². The Bertz CT molecular complexity index is 475. The van der Waals surface area contributed by atoms with Gasteiger partial charge in [-0.3, -0.25) is 14.8 Å². The number of nitro benzene ring substituents is 1. The van der Waals surface area contributed by atoms with Crippen LogP contribution in [0.15, 0.2) is 24.4 Å². The highest BCUT2D eigenvalue weighted by atomic mass is 16.6. The minimum Gasteiger partial charge on any atom is -0.275 e. The van der Waals surface area contributed by atoms with Crippen LogP contribution in [-0.2, 0) is 7.05 Å². The molecule has 5 heteroatoms. The number of aryl methyl sites for hydroxylation is 1. The molecule has 0 unspecified atom stereocenters. The fraction of sp³-hybridized carbons (Fsp3) is 0.125. The van der Waals surface area contributed by atoms with Gasteiger partial charge in [-0.15, -0.1) is 0 Å². The van der Waals surface area contributed by atoms with Gasteiger partial charge in [-0.1, -0.05) is 0 Å². The third-order valence-corrected chi connectivity index (χ3v) is 1.82. The van der Waals surface area contributed by atoms with Crippen LogP contribution in [0.2, 0.25) is 0 Å². The van der Waals surface area contributed by atoms with Crippen molar-refractivity contribution < 1.29 is 4.92 Å². The van der Waals surface area contributed by atoms with Crippen LogP contribution in [0.4, 0.5) is 5.69 Å². The van der Waals surface area contributed by atoms with Crippen molar-refractivity contribution in [3.05, 3.63) is 34.5 Å². The van der Waals surface area contributed by atoms with Gasteiger partial charge in [0.25, 0.3) is 5.69 Å². The van der Waals surface area contributed by atoms with Crippen molar-refractivity contribution >= 4 is 16.6 Å². The first kappa shape index (κ1) is 7.72. The number of non-ortho nitro benzene ring substituents is 1. The number of rotatable bonds is 1. The lowest BCUT2D eigenvalue weighted by atomic mass is 10.2. The summed E-state index contributed by atoms with van der Waals surface area (Å²) in [6.45, 7) is 0. The Morgan fingerprint density at radius 2 is 2.31 bits per heavy atom. The maximum absolute atomic E-state index is 10.4. The molecule has 1 aromatic carbocycles. The van der Waals surface area contributed by atoms with Gasteiger partial charge in [0, 0.05) is 30.8 Å². The lowest BCUT2D eigenvalue weighted by Crippen LogP contribution is -1.87. The van der Waals surface area contributed by atoms with Crippen LogP contribution in [0.25, 0.3) is 10.9 Å². The quantitative estimate of drug-likeness (QED) is 0.489. The SMILES string of the molecule is Cn1cc2ccc([N+](=O)[O-])cc2n1. The first-order chi connectivity index (χ1) is 6.16. The second-order valence-corrected chi connectivity index (χ2v) is 2.80. The van der Waals surface area contributed by atoms with Gasteiger partial charge in [0.2, 0.25) is 0 Å². The van der Waals surface area contributed by atoms with Crippen molar-refractivity contribution in [2.45, 2.75) is 0 Å². The van der Waals surface area contributed by atoms with E-state index in [9.17, 15) is 10.1 Å². The van der Waals surface area contributed by atoms with E-state index < -0.39 is 4.92 Å². The third kappa shape index (κ3) is 1.24. The molecule has 5 nitrogen and oxygen atoms in total. The van der Waals surface area contributed by atoms with Crippen LogP contribution in [-0.4, -0.2) is 14.7 Å². The lowest BCUT2D eigenvalue weighted by molar-refractivity contribution is -0.384. The molecule has 0 radical (unpaired) electrons. The van der Waals surface area contributed by atoms with E-state index in [2.05, 4.69) is 5.10 Å². The predicted molar refractivity (Wildman–Crippen MR) is 47.4 cm³/mol. The zero-order valence-corrected chi connectivity index (χ0v) is 6.97. The normalized spacial score (nSPS) is 10.5. The molecule has 0 atom stereocenters. The summed E-state index contributed by atoms with van der Waals surface area (Å²) in [5, 5.41) is 15.4. The first-order valence-corrected chi connectivity index (χ1v) is 3.74. The molecule has 0 N–H and O–H groups in total. The summed E-state index contributed by atoms with van der Waals surface area (Å²) in [6, 6.07) is 4.64. The van der Waals surface area contributed by atoms with Crippen molar-refractivity contribution in [3.63, 3.8) is 0 Å². The molecule has 1 aromatic heterocycles. The standard InChI is InChI=1S/C8H7N3O2/c1-10-5-6-2-3-7(11(12)13)4-8(6)9-10/h2-5H,1H3. The molecule has 0 aliphatic rings. The maximum Gasteiger partial charge on any atom is 0.271 e. The number of nitrogens with zero attached hydrogens (tertiary/aromatic N) is 3. The van der Waals surface area contributed by atoms with Crippen LogP contribution in [0.5, 0.6) is 0 Å². The Hall–Kier alpha value is -1.91. The number of aromatic nitrogens is 2. The van der Waals surface area contributed by atoms with Gasteiger partial charge in [0.1, 0.15) is 0 Å². The Labute approximate surface area is 73.7 Å². The maximum atomic E-state index is 10.4. The summed E-state index contributed by atoms with van der Waals surface area (Å²) in [4.78, 5) is 10.00. The Balaban J connectivity index is 2.67. The van der Waals surface area contributed by atoms with E-state index >= 15 is 0 Å². The minimum atomic E-state index is -0.422. The van der Waals surface area contributed by atoms with Crippen molar-refractivity contribution in [3.8, 4) is 0 Å². The molecular formula is C8H7N3O2. The van der Waals surface area contributed by atoms with Gasteiger partial charge in [0.15, 0.2) is 0 Å². The van der Waals surface area contributed by atoms with Crippen LogP contribution in [0, 0.1) is 10.1 Å². The lowest BCUT2D eigenvalue weighted by Gasteiger charge is -1.88. The molecule has 0 fully saturated rings. The van der Waals surface area contributed by atoms with Gasteiger partial charge >= 0.3 is 0 Å². The van der Waals surface area contributed by atoms with E-state index in [1.807, 2.05) is 6.20 Å². The second kappa shape index (κ2) is 2.55. The highest BCUT2D eigenvalue weighted by Gasteiger charge is 2.07. The molecule has 0 saturated carbocycles. The number of hydrogen-bond donors (Lipinski definition) is 0. The van der Waals surface area contributed by atoms with Gasteiger partial charge in [-0.05, 0) is 6.07 Å². The van der Waals surface area contributed by atoms with Crippen LogP contribution < -0.4 is 0 Å². The highest BCUT2D eigenvalue weighted by Crippen LogP contribution is 2.18. The fourth-order valence-corrected chi connectivity index (χ4v) is 1.24. The van der Waals surface area contributed by atoms with E-state index in [0.717, 1.165) is 5.39 Å². The summed E-state index contributed by atoms with van der Waals surface area (Å²) in [5.41, 5.74) is 0.725. The second-order valence-electron chi connectivity index (χ2n) is 2.80. The Morgan fingerprint density at radius 3 is 3.00 bits per heavy atom. The molecular weight excluding hydrogens is 170 g/mol. The zero-order chi connectivity index (χ0) is 9.42. The van der Waals surface area contributed by atoms with Crippen LogP contribution >= 0.6 is 0 Å². The molecule has 0 bridgehead atoms. The van der Waals surface area contributed by atoms with Crippen LogP contribution in [0.1, 0.15) is 0 Å². The summed E-state index contributed by atoms with van der Waals surface area (Å²) in [7, 11) is 1.78. The molecule has 0 saturated heterocycles. The zero-order valence-electron chi connectivity index (χ0n) is 6.97. The van der Waals surface area contributed by atoms with Crippen molar-refractivity contribution in [1.82, 2.24) is 9.78 Å². The highest BCUT2D eigenvalue weighted by molar-refractivity contribution is 5.80. The van der Waals surface area contributed by atoms with E-state index in [1.54, 1.807) is 17.8 Å². The number of hydrogen-bond acceptors (Lipinski definition) is 3. The van der Waals surface area contributed by atoms with Gasteiger partial charge in [-0.25, -0.2) is 0 Å². The largest absolute Gasteiger partial charge is 0.275 e. The summed E-state index contributed by atoms with van der Waals surface area (Å²) in [6.07, 6.45) is 1.82. The Kier molecular flexibility index (Phi) is 1.51. The summed E-state index contributed by atoms with van der Waals surface area (Å²) < 4.78 is 1.63. The molecule has 0 amide bonds. The minimum absolute atomic E-state index is 0.0752. The first-order valence-electron chi connectivity index (χ1n) is 3.74. The molecule has 0 aliphatic heterocycles. The predicted octanol–water partition coefficient (Wildman–Crippen LogP) is 1.48. The average Bonchev–Trinajstić information content (AvgIpc) is 2.42. The van der Waals surface area contributed by atoms with Gasteiger partial charge in [0.05, 0.1) is 10.4 Å². The number of fused-ring (bicyclic) bond motifs is 1. The van der Waals surface area contributed by atoms with Crippen molar-refractivity contribution in [1.29, 1.82) is 0 Å². The van der Waals surface area contributed by atoms with Gasteiger partial charge < -0.3 is 0 Å². The smallest absolute Gasteiger partial charge is 0.271 e. The molecule has 13 heavy (non-hydrogen) atoms. The monoisotopic (exact) mass is 177 g/mol. The van der Waals surface area contributed by atoms with Crippen molar-refractivity contribution in [2.24, 2.45) is 7.05 Å². The number of nitro groups is 1.